The molecule has 2 heterocycles. The Bertz CT molecular complexity index is 1530. The van der Waals surface area contributed by atoms with Crippen LogP contribution < -0.4 is 5.32 Å². The van der Waals surface area contributed by atoms with Crippen molar-refractivity contribution in [2.45, 2.75) is 65.1 Å². The van der Waals surface area contributed by atoms with Gasteiger partial charge in [-0.2, -0.15) is 0 Å². The van der Waals surface area contributed by atoms with Gasteiger partial charge in [-0.25, -0.2) is 9.78 Å². The average molecular weight is 576 g/mol. The third-order valence-electron chi connectivity index (χ3n) is 8.05. The number of benzene rings is 2. The van der Waals surface area contributed by atoms with Gasteiger partial charge in [0.05, 0.1) is 7.11 Å². The lowest BCUT2D eigenvalue weighted by Crippen LogP contribution is -2.51. The molecule has 2 aromatic carbocycles. The zero-order valence-corrected chi connectivity index (χ0v) is 26.3. The van der Waals surface area contributed by atoms with Gasteiger partial charge in [0.15, 0.2) is 14.0 Å². The van der Waals surface area contributed by atoms with Crippen molar-refractivity contribution >= 4 is 48.3 Å². The van der Waals surface area contributed by atoms with E-state index in [9.17, 15) is 9.59 Å². The van der Waals surface area contributed by atoms with E-state index in [1.807, 2.05) is 12.1 Å². The molecule has 0 aliphatic carbocycles. The summed E-state index contributed by atoms with van der Waals surface area (Å²) in [4.78, 5) is 30.0. The number of carbonyl (C=O) groups excluding carboxylic acids is 2. The van der Waals surface area contributed by atoms with E-state index in [1.165, 1.54) is 12.6 Å². The minimum atomic E-state index is -1.99. The van der Waals surface area contributed by atoms with E-state index in [1.54, 1.807) is 25.1 Å². The Hall–Kier alpha value is -3.42. The van der Waals surface area contributed by atoms with Crippen LogP contribution in [0.4, 0.5) is 10.5 Å². The molecule has 0 radical (unpaired) electrons. The molecule has 210 valence electrons. The number of ketones is 1. The van der Waals surface area contributed by atoms with Crippen LogP contribution in [0.2, 0.25) is 21.8 Å². The zero-order chi connectivity index (χ0) is 29.4. The Balaban J connectivity index is 1.94. The highest BCUT2D eigenvalue weighted by atomic mass is 35.5. The van der Waals surface area contributed by atoms with Crippen molar-refractivity contribution in [2.75, 3.05) is 12.4 Å². The monoisotopic (exact) mass is 575 g/mol. The predicted octanol–water partition coefficient (Wildman–Crippen LogP) is 9.10. The highest BCUT2D eigenvalue weighted by Gasteiger charge is 2.45. The molecule has 0 aliphatic rings. The molecule has 0 aliphatic heterocycles. The topological polar surface area (TPSA) is 73.2 Å². The Labute approximate surface area is 242 Å². The number of amides is 1. The first-order chi connectivity index (χ1) is 18.9. The van der Waals surface area contributed by atoms with Crippen LogP contribution in [0, 0.1) is 6.92 Å². The van der Waals surface area contributed by atoms with Gasteiger partial charge in [0.2, 0.25) is 0 Å². The van der Waals surface area contributed by atoms with E-state index in [-0.39, 0.29) is 10.9 Å². The molecule has 0 saturated carbocycles. The Morgan fingerprint density at radius 1 is 0.925 bits per heavy atom. The number of rotatable bonds is 8. The van der Waals surface area contributed by atoms with Crippen LogP contribution in [0.3, 0.4) is 0 Å². The highest BCUT2D eigenvalue weighted by molar-refractivity contribution is 6.82. The molecule has 1 N–H and O–H groups in total. The lowest BCUT2D eigenvalue weighted by Gasteiger charge is -2.44. The maximum atomic E-state index is 13.6. The first kappa shape index (κ1) is 29.6. The number of pyridine rings is 1. The lowest BCUT2D eigenvalue weighted by atomic mass is 9.95. The molecule has 4 aromatic rings. The minimum Gasteiger partial charge on any atom is -0.453 e. The maximum Gasteiger partial charge on any atom is 0.411 e. The number of fused-ring (bicyclic) bond motifs is 1. The van der Waals surface area contributed by atoms with Crippen molar-refractivity contribution < 1.29 is 14.3 Å². The van der Waals surface area contributed by atoms with Crippen LogP contribution >= 0.6 is 11.6 Å². The van der Waals surface area contributed by atoms with E-state index in [2.05, 4.69) is 86.5 Å². The molecule has 0 atom stereocenters. The molecule has 0 unspecified atom stereocenters. The molecule has 0 saturated heterocycles. The van der Waals surface area contributed by atoms with Gasteiger partial charge in [-0.3, -0.25) is 10.1 Å². The van der Waals surface area contributed by atoms with E-state index in [0.29, 0.717) is 39.1 Å². The summed E-state index contributed by atoms with van der Waals surface area (Å²) in [5.41, 5.74) is 6.61. The number of aryl methyl sites for hydroxylation is 1. The van der Waals surface area contributed by atoms with Crippen LogP contribution in [0.25, 0.3) is 22.0 Å². The minimum absolute atomic E-state index is 0.210. The van der Waals surface area contributed by atoms with Gasteiger partial charge in [0.25, 0.3) is 0 Å². The summed E-state index contributed by atoms with van der Waals surface area (Å²) in [7, 11) is -0.680. The second-order valence-electron chi connectivity index (χ2n) is 11.3. The first-order valence-electron chi connectivity index (χ1n) is 13.7. The summed E-state index contributed by atoms with van der Waals surface area (Å²) in [5.74, 6) is -0.210. The van der Waals surface area contributed by atoms with Gasteiger partial charge >= 0.3 is 6.09 Å². The number of halogens is 1. The normalized spacial score (nSPS) is 12.0. The predicted molar refractivity (Wildman–Crippen MR) is 167 cm³/mol. The second kappa shape index (κ2) is 11.6. The molecular formula is C32H38ClN3O3Si. The lowest BCUT2D eigenvalue weighted by molar-refractivity contribution is 0.103. The SMILES string of the molecule is COC(=O)Nc1cc(C(=O)c2cc(C)nc(Cl)c2)cc(-c2cccc3c2ccn3[Si](C(C)C)(C(C)C)C(C)C)c1. The fourth-order valence-corrected chi connectivity index (χ4v) is 13.5. The maximum absolute atomic E-state index is 13.6. The van der Waals surface area contributed by atoms with E-state index >= 15 is 0 Å². The molecule has 4 rings (SSSR count). The first-order valence-corrected chi connectivity index (χ1v) is 16.3. The molecule has 6 nitrogen and oxygen atoms in total. The quantitative estimate of drug-likeness (QED) is 0.129. The molecular weight excluding hydrogens is 538 g/mol. The second-order valence-corrected chi connectivity index (χ2v) is 17.4. The zero-order valence-electron chi connectivity index (χ0n) is 24.5. The third kappa shape index (κ3) is 5.32. The van der Waals surface area contributed by atoms with Gasteiger partial charge in [-0.15, -0.1) is 0 Å². The smallest absolute Gasteiger partial charge is 0.411 e. The number of hydrogen-bond acceptors (Lipinski definition) is 4. The van der Waals surface area contributed by atoms with Gasteiger partial charge in [-0.05, 0) is 83.3 Å². The molecule has 1 amide bonds. The standard InChI is InChI=1S/C32H38ClN3O3Si/c1-19(2)40(20(3)4,21(5)6)36-13-12-28-27(10-9-11-29(28)36)23-15-25(17-26(16-23)35-32(38)39-8)31(37)24-14-22(7)34-30(33)18-24/h9-21H,1-8H3,(H,35,38). The fraction of sp³-hybridized carbons (Fsp3) is 0.344. The van der Waals surface area contributed by atoms with Crippen LogP contribution in [0.15, 0.2) is 60.8 Å². The number of nitrogens with zero attached hydrogens (tertiary/aromatic N) is 2. The van der Waals surface area contributed by atoms with Crippen LogP contribution in [0.5, 0.6) is 0 Å². The number of anilines is 1. The molecule has 40 heavy (non-hydrogen) atoms. The van der Waals surface area contributed by atoms with Crippen molar-refractivity contribution in [3.05, 3.63) is 82.8 Å². The molecule has 0 bridgehead atoms. The molecule has 0 spiro atoms. The van der Waals surface area contributed by atoms with Crippen LogP contribution in [-0.4, -0.2) is 36.4 Å². The summed E-state index contributed by atoms with van der Waals surface area (Å²) in [6.45, 7) is 15.9. The van der Waals surface area contributed by atoms with Gasteiger partial charge in [0.1, 0.15) is 5.15 Å². The van der Waals surface area contributed by atoms with Crippen molar-refractivity contribution in [1.82, 2.24) is 9.22 Å². The Kier molecular flexibility index (Phi) is 8.56. The average Bonchev–Trinajstić information content (AvgIpc) is 3.31. The van der Waals surface area contributed by atoms with Crippen LogP contribution in [0.1, 0.15) is 63.2 Å². The molecule has 0 fully saturated rings. The van der Waals surface area contributed by atoms with Gasteiger partial charge in [-0.1, -0.05) is 65.3 Å². The molecule has 8 heteroatoms. The number of aromatic nitrogens is 2. The highest BCUT2D eigenvalue weighted by Crippen LogP contribution is 2.45. The summed E-state index contributed by atoms with van der Waals surface area (Å²) >= 11 is 6.16. The number of methoxy groups -OCH3 is 1. The van der Waals surface area contributed by atoms with Crippen molar-refractivity contribution in [3.8, 4) is 11.1 Å². The van der Waals surface area contributed by atoms with Crippen LogP contribution in [-0.2, 0) is 4.74 Å². The third-order valence-corrected chi connectivity index (χ3v) is 15.0. The summed E-state index contributed by atoms with van der Waals surface area (Å²) in [6, 6.07) is 17.2. The summed E-state index contributed by atoms with van der Waals surface area (Å²) < 4.78 is 7.41. The van der Waals surface area contributed by atoms with Crippen molar-refractivity contribution in [3.63, 3.8) is 0 Å². The van der Waals surface area contributed by atoms with Crippen molar-refractivity contribution in [1.29, 1.82) is 0 Å². The number of hydrogen-bond donors (Lipinski definition) is 1. The summed E-state index contributed by atoms with van der Waals surface area (Å²) in [6.07, 6.45) is 1.65. The Morgan fingerprint density at radius 3 is 2.17 bits per heavy atom. The fourth-order valence-electron chi connectivity index (χ4n) is 6.67. The number of nitrogens with one attached hydrogen (secondary N) is 1. The Morgan fingerprint density at radius 2 is 1.57 bits per heavy atom. The van der Waals surface area contributed by atoms with Crippen molar-refractivity contribution in [2.24, 2.45) is 0 Å². The van der Waals surface area contributed by atoms with E-state index in [0.717, 1.165) is 16.5 Å². The summed E-state index contributed by atoms with van der Waals surface area (Å²) in [5, 5.41) is 4.11. The van der Waals surface area contributed by atoms with Gasteiger partial charge in [0, 0.05) is 33.4 Å². The van der Waals surface area contributed by atoms with E-state index < -0.39 is 14.3 Å². The molecule has 2 aromatic heterocycles. The van der Waals surface area contributed by atoms with E-state index in [4.69, 9.17) is 16.3 Å². The van der Waals surface area contributed by atoms with Gasteiger partial charge < -0.3 is 8.97 Å². The number of ether oxygens (including phenoxy) is 1. The number of carbonyl (C=O) groups is 2. The largest absolute Gasteiger partial charge is 0.453 e.